The summed E-state index contributed by atoms with van der Waals surface area (Å²) < 4.78 is 7.39. The summed E-state index contributed by atoms with van der Waals surface area (Å²) in [6.45, 7) is 9.34. The second-order valence-electron chi connectivity index (χ2n) is 11.0. The fourth-order valence-electron chi connectivity index (χ4n) is 6.18. The normalized spacial score (nSPS) is 21.6. The van der Waals surface area contributed by atoms with Crippen LogP contribution in [0.25, 0.3) is 0 Å². The number of pyridine rings is 1. The lowest BCUT2D eigenvalue weighted by Gasteiger charge is -2.44. The Kier molecular flexibility index (Phi) is 8.52. The van der Waals surface area contributed by atoms with Crippen molar-refractivity contribution in [2.45, 2.75) is 96.6 Å². The molecule has 1 aromatic heterocycles. The minimum Gasteiger partial charge on any atom is -0.379 e. The van der Waals surface area contributed by atoms with Crippen LogP contribution in [0.3, 0.4) is 0 Å². The Bertz CT molecular complexity index is 899. The summed E-state index contributed by atoms with van der Waals surface area (Å²) in [6, 6.07) is 2.13. The number of carbonyl (C=O) groups excluding carboxylic acids is 1. The van der Waals surface area contributed by atoms with Gasteiger partial charge in [-0.05, 0) is 69.9 Å². The number of amides is 1. The van der Waals surface area contributed by atoms with Crippen LogP contribution in [0.1, 0.15) is 88.5 Å². The topological polar surface area (TPSA) is 54.8 Å². The predicted molar refractivity (Wildman–Crippen MR) is 136 cm³/mol. The Labute approximate surface area is 205 Å². The van der Waals surface area contributed by atoms with Crippen molar-refractivity contribution >= 4 is 5.91 Å². The average molecular weight is 472 g/mol. The van der Waals surface area contributed by atoms with Crippen molar-refractivity contribution in [3.05, 3.63) is 33.2 Å². The van der Waals surface area contributed by atoms with Crippen LogP contribution in [0, 0.1) is 5.92 Å². The van der Waals surface area contributed by atoms with E-state index in [0.29, 0.717) is 6.54 Å². The number of hydrogen-bond acceptors (Lipinski definition) is 4. The van der Waals surface area contributed by atoms with E-state index in [-0.39, 0.29) is 22.9 Å². The number of aryl methyl sites for hydroxylation is 1. The molecule has 2 heterocycles. The summed E-state index contributed by atoms with van der Waals surface area (Å²) in [7, 11) is 1.92. The Morgan fingerprint density at radius 1 is 1.12 bits per heavy atom. The first-order valence-corrected chi connectivity index (χ1v) is 13.7. The lowest BCUT2D eigenvalue weighted by Crippen LogP contribution is -2.53. The number of rotatable bonds is 8. The standard InChI is InChI=1S/C28H45N3O3/c1-4-28(2,14-15-30-16-18-34-19-17-30)31(27(33)22-10-6-5-7-11-22)21-24-20-23-12-8-9-13-25(23)29(3)26(24)32/h20,22H,4-19,21H2,1-3H3. The van der Waals surface area contributed by atoms with E-state index in [0.717, 1.165) is 96.2 Å². The second-order valence-corrected chi connectivity index (χ2v) is 11.0. The van der Waals surface area contributed by atoms with Gasteiger partial charge < -0.3 is 14.2 Å². The van der Waals surface area contributed by atoms with Crippen molar-refractivity contribution in [3.63, 3.8) is 0 Å². The number of ether oxygens (including phenoxy) is 1. The molecule has 6 nitrogen and oxygen atoms in total. The van der Waals surface area contributed by atoms with Crippen molar-refractivity contribution in [2.75, 3.05) is 32.8 Å². The minimum atomic E-state index is -0.270. The van der Waals surface area contributed by atoms with Gasteiger partial charge in [0.05, 0.1) is 19.8 Å². The molecule has 3 aliphatic rings. The molecule has 1 saturated carbocycles. The third-order valence-electron chi connectivity index (χ3n) is 8.85. The maximum absolute atomic E-state index is 14.0. The molecule has 0 bridgehead atoms. The largest absolute Gasteiger partial charge is 0.379 e. The highest BCUT2D eigenvalue weighted by Crippen LogP contribution is 2.33. The van der Waals surface area contributed by atoms with Gasteiger partial charge in [-0.15, -0.1) is 0 Å². The van der Waals surface area contributed by atoms with E-state index in [9.17, 15) is 9.59 Å². The summed E-state index contributed by atoms with van der Waals surface area (Å²) in [4.78, 5) is 32.0. The molecule has 4 rings (SSSR count). The zero-order valence-electron chi connectivity index (χ0n) is 21.7. The smallest absolute Gasteiger partial charge is 0.255 e. The SMILES string of the molecule is CCC(C)(CCN1CCOCC1)N(Cc1cc2c(n(C)c1=O)CCCC2)C(=O)C1CCCCC1. The summed E-state index contributed by atoms with van der Waals surface area (Å²) in [6.07, 6.45) is 11.7. The molecular weight excluding hydrogens is 426 g/mol. The number of carbonyl (C=O) groups is 1. The summed E-state index contributed by atoms with van der Waals surface area (Å²) in [5.74, 6) is 0.371. The van der Waals surface area contributed by atoms with Crippen LogP contribution in [0.5, 0.6) is 0 Å². The number of morpholine rings is 1. The van der Waals surface area contributed by atoms with E-state index in [2.05, 4.69) is 29.7 Å². The molecular formula is C28H45N3O3. The first-order valence-electron chi connectivity index (χ1n) is 13.7. The Balaban J connectivity index is 1.62. The van der Waals surface area contributed by atoms with Gasteiger partial charge in [0.25, 0.3) is 5.56 Å². The van der Waals surface area contributed by atoms with E-state index >= 15 is 0 Å². The molecule has 1 amide bonds. The van der Waals surface area contributed by atoms with Gasteiger partial charge in [0.2, 0.25) is 5.91 Å². The third-order valence-corrected chi connectivity index (χ3v) is 8.85. The highest BCUT2D eigenvalue weighted by atomic mass is 16.5. The molecule has 2 fully saturated rings. The van der Waals surface area contributed by atoms with Crippen molar-refractivity contribution in [1.82, 2.24) is 14.4 Å². The molecule has 0 spiro atoms. The number of fused-ring (bicyclic) bond motifs is 1. The van der Waals surface area contributed by atoms with E-state index < -0.39 is 0 Å². The van der Waals surface area contributed by atoms with E-state index in [4.69, 9.17) is 4.74 Å². The Morgan fingerprint density at radius 2 is 1.82 bits per heavy atom. The molecule has 1 aromatic rings. The highest BCUT2D eigenvalue weighted by Gasteiger charge is 2.38. The number of hydrogen-bond donors (Lipinski definition) is 0. The van der Waals surface area contributed by atoms with Crippen molar-refractivity contribution in [1.29, 1.82) is 0 Å². The fourth-order valence-corrected chi connectivity index (χ4v) is 6.18. The number of nitrogens with zero attached hydrogens (tertiary/aromatic N) is 3. The Hall–Kier alpha value is -1.66. The van der Waals surface area contributed by atoms with Crippen LogP contribution >= 0.6 is 0 Å². The van der Waals surface area contributed by atoms with Crippen LogP contribution in [0.15, 0.2) is 10.9 Å². The van der Waals surface area contributed by atoms with Gasteiger partial charge in [0, 0.05) is 49.4 Å². The molecule has 1 atom stereocenters. The van der Waals surface area contributed by atoms with Crippen LogP contribution < -0.4 is 5.56 Å². The zero-order valence-corrected chi connectivity index (χ0v) is 21.7. The Morgan fingerprint density at radius 3 is 2.53 bits per heavy atom. The van der Waals surface area contributed by atoms with Crippen LogP contribution in [-0.2, 0) is 36.0 Å². The van der Waals surface area contributed by atoms with Gasteiger partial charge in [-0.1, -0.05) is 26.2 Å². The van der Waals surface area contributed by atoms with Gasteiger partial charge in [0.1, 0.15) is 0 Å². The minimum absolute atomic E-state index is 0.0775. The fraction of sp³-hybridized carbons (Fsp3) is 0.786. The molecule has 2 aliphatic carbocycles. The first-order chi connectivity index (χ1) is 16.4. The molecule has 190 valence electrons. The molecule has 0 N–H and O–H groups in total. The number of aromatic nitrogens is 1. The van der Waals surface area contributed by atoms with Crippen molar-refractivity contribution in [2.24, 2.45) is 13.0 Å². The molecule has 6 heteroatoms. The monoisotopic (exact) mass is 471 g/mol. The maximum atomic E-state index is 14.0. The summed E-state index contributed by atoms with van der Waals surface area (Å²) >= 11 is 0. The zero-order chi connectivity index (χ0) is 24.1. The maximum Gasteiger partial charge on any atom is 0.255 e. The second kappa shape index (κ2) is 11.4. The van der Waals surface area contributed by atoms with E-state index in [1.54, 1.807) is 0 Å². The molecule has 1 aliphatic heterocycles. The summed E-state index contributed by atoms with van der Waals surface area (Å²) in [5.41, 5.74) is 3.09. The predicted octanol–water partition coefficient (Wildman–Crippen LogP) is 4.06. The average Bonchev–Trinajstić information content (AvgIpc) is 2.89. The van der Waals surface area contributed by atoms with Gasteiger partial charge in [-0.2, -0.15) is 0 Å². The van der Waals surface area contributed by atoms with Gasteiger partial charge in [0.15, 0.2) is 0 Å². The van der Waals surface area contributed by atoms with Crippen molar-refractivity contribution < 1.29 is 9.53 Å². The molecule has 1 saturated heterocycles. The van der Waals surface area contributed by atoms with Gasteiger partial charge in [-0.3, -0.25) is 14.5 Å². The lowest BCUT2D eigenvalue weighted by molar-refractivity contribution is -0.144. The molecule has 0 aromatic carbocycles. The third kappa shape index (κ3) is 5.59. The van der Waals surface area contributed by atoms with E-state index in [1.807, 2.05) is 11.6 Å². The van der Waals surface area contributed by atoms with Crippen molar-refractivity contribution in [3.8, 4) is 0 Å². The van der Waals surface area contributed by atoms with E-state index in [1.165, 1.54) is 24.1 Å². The molecule has 1 unspecified atom stereocenters. The lowest BCUT2D eigenvalue weighted by atomic mass is 9.84. The van der Waals surface area contributed by atoms with Crippen LogP contribution in [0.2, 0.25) is 0 Å². The molecule has 0 radical (unpaired) electrons. The van der Waals surface area contributed by atoms with Crippen LogP contribution in [0.4, 0.5) is 0 Å². The first kappa shape index (κ1) is 25.4. The van der Waals surface area contributed by atoms with Gasteiger partial charge in [-0.25, -0.2) is 0 Å². The quantitative estimate of drug-likeness (QED) is 0.574. The van der Waals surface area contributed by atoms with Crippen LogP contribution in [-0.4, -0.2) is 58.7 Å². The molecule has 34 heavy (non-hydrogen) atoms. The summed E-state index contributed by atoms with van der Waals surface area (Å²) in [5, 5.41) is 0. The van der Waals surface area contributed by atoms with Gasteiger partial charge >= 0.3 is 0 Å². The highest BCUT2D eigenvalue weighted by molar-refractivity contribution is 5.79.